The first-order chi connectivity index (χ1) is 5.33. The molecule has 3 heterocycles. The Morgan fingerprint density at radius 2 is 1.64 bits per heavy atom. The second kappa shape index (κ2) is 2.33. The Labute approximate surface area is 79.8 Å². The van der Waals surface area contributed by atoms with E-state index in [4.69, 9.17) is 9.47 Å². The molecule has 0 aromatic rings. The maximum Gasteiger partial charge on any atom is 0.0866 e. The minimum Gasteiger partial charge on any atom is -0.372 e. The molecule has 0 aromatic carbocycles. The van der Waals surface area contributed by atoms with Gasteiger partial charge in [0.2, 0.25) is 0 Å². The monoisotopic (exact) mass is 266 g/mol. The second-order valence-electron chi connectivity index (χ2n) is 3.73. The van der Waals surface area contributed by atoms with Gasteiger partial charge in [0.1, 0.15) is 0 Å². The lowest BCUT2D eigenvalue weighted by atomic mass is 9.92. The summed E-state index contributed by atoms with van der Waals surface area (Å²) in [5, 5.41) is 0. The summed E-state index contributed by atoms with van der Waals surface area (Å²) in [6.45, 7) is 0. The molecule has 3 aliphatic rings. The van der Waals surface area contributed by atoms with E-state index < -0.39 is 0 Å². The third-order valence-electron chi connectivity index (χ3n) is 2.98. The quantitative estimate of drug-likeness (QED) is 0.488. The maximum atomic E-state index is 5.86. The Morgan fingerprint density at radius 1 is 0.909 bits per heavy atom. The molecule has 0 aromatic heterocycles. The van der Waals surface area contributed by atoms with Crippen LogP contribution in [0.3, 0.4) is 0 Å². The number of halogens is 1. The maximum absolute atomic E-state index is 5.86. The molecule has 3 bridgehead atoms. The molecule has 3 fully saturated rings. The third kappa shape index (κ3) is 0.971. The summed E-state index contributed by atoms with van der Waals surface area (Å²) in [6.07, 6.45) is 5.42. The van der Waals surface area contributed by atoms with Crippen molar-refractivity contribution in [3.63, 3.8) is 0 Å². The highest BCUT2D eigenvalue weighted by molar-refractivity contribution is 14.1. The number of hydrogen-bond acceptors (Lipinski definition) is 2. The van der Waals surface area contributed by atoms with Gasteiger partial charge in [0.05, 0.1) is 24.4 Å². The first-order valence-corrected chi connectivity index (χ1v) is 5.52. The normalized spacial score (nSPS) is 60.3. The van der Waals surface area contributed by atoms with E-state index in [-0.39, 0.29) is 0 Å². The summed E-state index contributed by atoms with van der Waals surface area (Å²) in [4.78, 5) is 0. The van der Waals surface area contributed by atoms with E-state index in [0.717, 1.165) is 12.8 Å². The van der Waals surface area contributed by atoms with Crippen LogP contribution in [-0.4, -0.2) is 28.3 Å². The summed E-state index contributed by atoms with van der Waals surface area (Å²) in [6, 6.07) is 0. The van der Waals surface area contributed by atoms with Crippen LogP contribution in [0.1, 0.15) is 19.3 Å². The Balaban J connectivity index is 1.93. The van der Waals surface area contributed by atoms with E-state index in [1.165, 1.54) is 6.42 Å². The highest BCUT2D eigenvalue weighted by Crippen LogP contribution is 2.43. The minimum absolute atomic E-state index is 0.431. The van der Waals surface area contributed by atoms with Crippen molar-refractivity contribution < 1.29 is 9.47 Å². The fourth-order valence-corrected chi connectivity index (χ4v) is 3.41. The zero-order chi connectivity index (χ0) is 7.42. The third-order valence-corrected chi connectivity index (χ3v) is 4.29. The van der Waals surface area contributed by atoms with Crippen LogP contribution >= 0.6 is 22.6 Å². The van der Waals surface area contributed by atoms with Crippen LogP contribution < -0.4 is 0 Å². The topological polar surface area (TPSA) is 18.5 Å². The van der Waals surface area contributed by atoms with Crippen molar-refractivity contribution in [1.29, 1.82) is 0 Å². The van der Waals surface area contributed by atoms with E-state index in [2.05, 4.69) is 22.6 Å². The van der Waals surface area contributed by atoms with Crippen LogP contribution in [-0.2, 0) is 9.47 Å². The smallest absolute Gasteiger partial charge is 0.0866 e. The van der Waals surface area contributed by atoms with Crippen molar-refractivity contribution in [1.82, 2.24) is 0 Å². The van der Waals surface area contributed by atoms with Crippen LogP contribution in [0.5, 0.6) is 0 Å². The van der Waals surface area contributed by atoms with Gasteiger partial charge < -0.3 is 9.47 Å². The molecule has 3 aliphatic heterocycles. The first kappa shape index (κ1) is 7.09. The van der Waals surface area contributed by atoms with Crippen LogP contribution in [0, 0.1) is 0 Å². The predicted octanol–water partition coefficient (Wildman–Crippen LogP) is 1.51. The van der Waals surface area contributed by atoms with E-state index >= 15 is 0 Å². The van der Waals surface area contributed by atoms with Crippen LogP contribution in [0.25, 0.3) is 0 Å². The molecule has 0 spiro atoms. The van der Waals surface area contributed by atoms with Crippen molar-refractivity contribution in [2.24, 2.45) is 0 Å². The zero-order valence-electron chi connectivity index (χ0n) is 6.20. The fraction of sp³-hybridized carbons (Fsp3) is 1.00. The molecule has 0 amide bonds. The number of ether oxygens (including phenoxy) is 2. The van der Waals surface area contributed by atoms with Crippen LogP contribution in [0.4, 0.5) is 0 Å². The van der Waals surface area contributed by atoms with E-state index in [9.17, 15) is 0 Å². The zero-order valence-corrected chi connectivity index (χ0v) is 8.36. The van der Waals surface area contributed by atoms with E-state index in [0.29, 0.717) is 28.3 Å². The van der Waals surface area contributed by atoms with Gasteiger partial charge in [0.15, 0.2) is 0 Å². The molecule has 0 radical (unpaired) electrons. The van der Waals surface area contributed by atoms with Crippen molar-refractivity contribution in [2.75, 3.05) is 0 Å². The van der Waals surface area contributed by atoms with Crippen molar-refractivity contribution >= 4 is 22.6 Å². The van der Waals surface area contributed by atoms with Crippen molar-refractivity contribution in [2.45, 2.75) is 47.6 Å². The summed E-state index contributed by atoms with van der Waals surface area (Å²) in [5.74, 6) is 0. The minimum atomic E-state index is 0.431. The largest absolute Gasteiger partial charge is 0.372 e. The van der Waals surface area contributed by atoms with Gasteiger partial charge in [-0.25, -0.2) is 0 Å². The Bertz CT molecular complexity index is 181. The summed E-state index contributed by atoms with van der Waals surface area (Å²) in [7, 11) is 0. The van der Waals surface area contributed by atoms with E-state index in [1.807, 2.05) is 0 Å². The molecule has 0 N–H and O–H groups in total. The molecule has 0 unspecified atom stereocenters. The number of rotatable bonds is 0. The van der Waals surface area contributed by atoms with Gasteiger partial charge in [-0.15, -0.1) is 0 Å². The lowest BCUT2D eigenvalue weighted by Gasteiger charge is -2.35. The Morgan fingerprint density at radius 3 is 2.55 bits per heavy atom. The molecule has 3 heteroatoms. The second-order valence-corrected chi connectivity index (χ2v) is 5.33. The van der Waals surface area contributed by atoms with E-state index in [1.54, 1.807) is 0 Å². The highest BCUT2D eigenvalue weighted by atomic mass is 127. The number of fused-ring (bicyclic) bond motifs is 2. The molecule has 2 nitrogen and oxygen atoms in total. The molecular formula is C8H11IO2. The average Bonchev–Trinajstić information content (AvgIpc) is 2.19. The Kier molecular flexibility index (Phi) is 1.50. The highest BCUT2D eigenvalue weighted by Gasteiger charge is 2.49. The van der Waals surface area contributed by atoms with Gasteiger partial charge in [-0.05, 0) is 6.42 Å². The van der Waals surface area contributed by atoms with Gasteiger partial charge >= 0.3 is 0 Å². The van der Waals surface area contributed by atoms with Gasteiger partial charge in [0, 0.05) is 16.8 Å². The Hall–Kier alpha value is 0.650. The molecule has 0 aliphatic carbocycles. The van der Waals surface area contributed by atoms with Crippen LogP contribution in [0.2, 0.25) is 0 Å². The van der Waals surface area contributed by atoms with Gasteiger partial charge in [-0.3, -0.25) is 0 Å². The summed E-state index contributed by atoms with van der Waals surface area (Å²) < 4.78 is 12.4. The first-order valence-electron chi connectivity index (χ1n) is 4.28. The number of hydrogen-bond donors (Lipinski definition) is 0. The van der Waals surface area contributed by atoms with Gasteiger partial charge in [0.25, 0.3) is 0 Å². The lowest BCUT2D eigenvalue weighted by molar-refractivity contribution is -0.0695. The fourth-order valence-electron chi connectivity index (χ4n) is 2.45. The van der Waals surface area contributed by atoms with Crippen LogP contribution in [0.15, 0.2) is 0 Å². The SMILES string of the molecule is I[C@H]1C[C@H]2O[C@H]3C[C@@H]1O[C@@H]2C3. The van der Waals surface area contributed by atoms with Gasteiger partial charge in [-0.2, -0.15) is 0 Å². The molecular weight excluding hydrogens is 255 g/mol. The standard InChI is InChI=1S/C8H11IO2/c9-5-3-8-7-2-4(10-8)1-6(5)11-7/h4-8H,1-3H2/t4-,5-,6-,7+,8+/m0/s1. The summed E-state index contributed by atoms with van der Waals surface area (Å²) >= 11 is 2.50. The van der Waals surface area contributed by atoms with Crippen molar-refractivity contribution in [3.05, 3.63) is 0 Å². The van der Waals surface area contributed by atoms with Gasteiger partial charge in [-0.1, -0.05) is 22.6 Å². The molecule has 3 saturated heterocycles. The summed E-state index contributed by atoms with van der Waals surface area (Å²) in [5.41, 5.74) is 0. The molecule has 11 heavy (non-hydrogen) atoms. The molecule has 62 valence electrons. The lowest BCUT2D eigenvalue weighted by Crippen LogP contribution is -2.43. The number of alkyl halides is 1. The molecule has 3 rings (SSSR count). The molecule has 5 atom stereocenters. The average molecular weight is 266 g/mol. The van der Waals surface area contributed by atoms with Crippen molar-refractivity contribution in [3.8, 4) is 0 Å². The predicted molar refractivity (Wildman–Crippen MR) is 49.0 cm³/mol. The molecule has 0 saturated carbocycles.